The number of methoxy groups -OCH3 is 1. The Morgan fingerprint density at radius 1 is 1.05 bits per heavy atom. The highest BCUT2D eigenvalue weighted by Gasteiger charge is 2.65. The van der Waals surface area contributed by atoms with Gasteiger partial charge in [0.2, 0.25) is 17.3 Å². The summed E-state index contributed by atoms with van der Waals surface area (Å²) in [5, 5.41) is 4.75. The Labute approximate surface area is 239 Å². The number of ether oxygens (including phenoxy) is 1. The minimum Gasteiger partial charge on any atom is -0.465 e. The van der Waals surface area contributed by atoms with E-state index in [1.165, 1.54) is 50.6 Å². The van der Waals surface area contributed by atoms with Gasteiger partial charge in [-0.25, -0.2) is 25.6 Å². The van der Waals surface area contributed by atoms with Gasteiger partial charge in [-0.1, -0.05) is 30.7 Å². The van der Waals surface area contributed by atoms with E-state index in [0.29, 0.717) is 34.5 Å². The van der Waals surface area contributed by atoms with Gasteiger partial charge in [0.15, 0.2) is 0 Å². The number of hydrogen-bond acceptors (Lipinski definition) is 9. The lowest BCUT2D eigenvalue weighted by atomic mass is 9.99. The molecule has 42 heavy (non-hydrogen) atoms. The molecular weight excluding hydrogens is 551 g/mol. The second-order valence-corrected chi connectivity index (χ2v) is 10.6. The number of esters is 1. The first-order valence-corrected chi connectivity index (χ1v) is 13.8. The number of benzene rings is 2. The molecule has 0 amide bonds. The zero-order valence-corrected chi connectivity index (χ0v) is 22.9. The van der Waals surface area contributed by atoms with Crippen LogP contribution in [-0.4, -0.2) is 71.1 Å². The molecule has 2 aromatic heterocycles. The van der Waals surface area contributed by atoms with Crippen LogP contribution in [-0.2, 0) is 10.4 Å². The first-order valence-electron chi connectivity index (χ1n) is 13.8. The topological polar surface area (TPSA) is 144 Å². The van der Waals surface area contributed by atoms with E-state index >= 15 is 0 Å². The fourth-order valence-corrected chi connectivity index (χ4v) is 5.50. The van der Waals surface area contributed by atoms with E-state index in [1.807, 2.05) is 0 Å². The predicted molar refractivity (Wildman–Crippen MR) is 150 cm³/mol. The molecule has 0 spiro atoms. The highest BCUT2D eigenvalue weighted by atomic mass is 19.4. The summed E-state index contributed by atoms with van der Waals surface area (Å²) in [5.41, 5.74) is 3.10. The maximum atomic E-state index is 13.7. The van der Waals surface area contributed by atoms with Crippen LogP contribution < -0.4 is 16.2 Å². The van der Waals surface area contributed by atoms with Crippen molar-refractivity contribution in [2.45, 2.75) is 37.5 Å². The van der Waals surface area contributed by atoms with E-state index in [0.717, 1.165) is 31.4 Å². The van der Waals surface area contributed by atoms with Crippen molar-refractivity contribution in [2.75, 3.05) is 38.6 Å². The normalized spacial score (nSPS) is 17.0. The molecular formula is C29H30F3N7O3. The van der Waals surface area contributed by atoms with Gasteiger partial charge in [-0.05, 0) is 62.7 Å². The Morgan fingerprint density at radius 2 is 1.83 bits per heavy atom. The van der Waals surface area contributed by atoms with Crippen molar-refractivity contribution >= 4 is 39.5 Å². The third kappa shape index (κ3) is 5.19. The molecule has 220 valence electrons. The van der Waals surface area contributed by atoms with Crippen LogP contribution in [0.15, 0.2) is 42.5 Å². The number of anilines is 1. The first-order chi connectivity index (χ1) is 20.2. The van der Waals surface area contributed by atoms with Gasteiger partial charge in [0.25, 0.3) is 0 Å². The first kappa shape index (κ1) is 28.1. The number of halogens is 3. The van der Waals surface area contributed by atoms with Crippen molar-refractivity contribution in [3.8, 4) is 0 Å². The maximum Gasteiger partial charge on any atom is 0.426 e. The monoisotopic (exact) mass is 581 g/mol. The molecule has 4 aromatic rings. The molecule has 0 radical (unpaired) electrons. The number of hydrogen-bond donors (Lipinski definition) is 4. The van der Waals surface area contributed by atoms with Crippen LogP contribution in [0.25, 0.3) is 21.9 Å². The standard InChI is InChI=1S/C29H30F3N7O3/c1-42-27(41)18-9-10-20-21(16-18)34-25-22(20)24(33-11-6-14-39-12-3-2-4-13-39)35-26(36-25)23(40)17-7-5-8-19(15-17)28(37-38-28)29(30,31)32/h5,7-10,15-16,37-38H,2-4,6,11-14H2,1H3,(H2,33,34,35,36). The summed E-state index contributed by atoms with van der Waals surface area (Å²) in [6, 6.07) is 10.4. The Balaban J connectivity index is 1.35. The third-order valence-corrected chi connectivity index (χ3v) is 7.83. The van der Waals surface area contributed by atoms with E-state index in [-0.39, 0.29) is 17.0 Å². The lowest BCUT2D eigenvalue weighted by Crippen LogP contribution is -2.35. The molecule has 2 saturated heterocycles. The number of rotatable bonds is 9. The van der Waals surface area contributed by atoms with Gasteiger partial charge >= 0.3 is 12.1 Å². The van der Waals surface area contributed by atoms with Gasteiger partial charge < -0.3 is 19.9 Å². The van der Waals surface area contributed by atoms with E-state index in [4.69, 9.17) is 4.74 Å². The highest BCUT2D eigenvalue weighted by Crippen LogP contribution is 2.42. The zero-order valence-electron chi connectivity index (χ0n) is 22.9. The summed E-state index contributed by atoms with van der Waals surface area (Å²) in [5.74, 6) is -0.866. The molecule has 2 fully saturated rings. The summed E-state index contributed by atoms with van der Waals surface area (Å²) >= 11 is 0. The fourth-order valence-electron chi connectivity index (χ4n) is 5.50. The van der Waals surface area contributed by atoms with E-state index in [2.05, 4.69) is 36.0 Å². The van der Waals surface area contributed by atoms with Crippen molar-refractivity contribution in [1.82, 2.24) is 30.7 Å². The largest absolute Gasteiger partial charge is 0.465 e. The van der Waals surface area contributed by atoms with Crippen molar-refractivity contribution < 1.29 is 27.5 Å². The number of ketones is 1. The predicted octanol–water partition coefficient (Wildman–Crippen LogP) is 4.24. The van der Waals surface area contributed by atoms with Crippen LogP contribution >= 0.6 is 0 Å². The van der Waals surface area contributed by atoms with Crippen molar-refractivity contribution in [3.05, 3.63) is 65.0 Å². The summed E-state index contributed by atoms with van der Waals surface area (Å²) in [6.45, 7) is 3.69. The number of carbonyl (C=O) groups excluding carboxylic acids is 2. The average Bonchev–Trinajstić information content (AvgIpc) is 3.75. The number of alkyl halides is 3. The number of carbonyl (C=O) groups is 2. The second kappa shape index (κ2) is 11.0. The zero-order chi connectivity index (χ0) is 29.5. The molecule has 0 bridgehead atoms. The van der Waals surface area contributed by atoms with Crippen molar-refractivity contribution in [2.24, 2.45) is 0 Å². The number of piperidine rings is 1. The minimum atomic E-state index is -4.61. The Bertz CT molecular complexity index is 1660. The summed E-state index contributed by atoms with van der Waals surface area (Å²) in [4.78, 5) is 40.3. The van der Waals surface area contributed by atoms with Crippen LogP contribution in [0.5, 0.6) is 0 Å². The molecule has 0 atom stereocenters. The van der Waals surface area contributed by atoms with Gasteiger partial charge in [0.05, 0.1) is 18.1 Å². The van der Waals surface area contributed by atoms with E-state index < -0.39 is 23.6 Å². The van der Waals surface area contributed by atoms with Gasteiger partial charge in [0.1, 0.15) is 11.5 Å². The smallest absolute Gasteiger partial charge is 0.426 e. The quantitative estimate of drug-likeness (QED) is 0.0987. The molecule has 2 aromatic carbocycles. The van der Waals surface area contributed by atoms with Crippen molar-refractivity contribution in [3.63, 3.8) is 0 Å². The number of hydrazine groups is 1. The number of aromatic nitrogens is 3. The molecule has 2 aliphatic rings. The Kier molecular flexibility index (Phi) is 7.33. The molecule has 6 rings (SSSR count). The number of H-pyrrole nitrogens is 1. The number of nitrogens with one attached hydrogen (secondary N) is 4. The lowest BCUT2D eigenvalue weighted by molar-refractivity contribution is -0.165. The molecule has 10 nitrogen and oxygen atoms in total. The van der Waals surface area contributed by atoms with Gasteiger partial charge in [-0.2, -0.15) is 13.2 Å². The molecule has 4 heterocycles. The molecule has 4 N–H and O–H groups in total. The SMILES string of the molecule is COC(=O)c1ccc2c(c1)[nH]c1nc(C(=O)c3cccc(C4(C(F)(F)F)NN4)c3)nc(NCCCN3CCCCC3)c12. The number of aromatic amines is 1. The van der Waals surface area contributed by atoms with Crippen LogP contribution in [0.2, 0.25) is 0 Å². The van der Waals surface area contributed by atoms with Crippen LogP contribution in [0.4, 0.5) is 19.0 Å². The molecule has 0 saturated carbocycles. The lowest BCUT2D eigenvalue weighted by Gasteiger charge is -2.26. The fraction of sp³-hybridized carbons (Fsp3) is 0.379. The average molecular weight is 582 g/mol. The van der Waals surface area contributed by atoms with E-state index in [9.17, 15) is 22.8 Å². The second-order valence-electron chi connectivity index (χ2n) is 10.6. The van der Waals surface area contributed by atoms with Gasteiger partial charge in [-0.15, -0.1) is 0 Å². The summed E-state index contributed by atoms with van der Waals surface area (Å²) in [7, 11) is 1.30. The van der Waals surface area contributed by atoms with Crippen LogP contribution in [0, 0.1) is 0 Å². The van der Waals surface area contributed by atoms with Crippen LogP contribution in [0.3, 0.4) is 0 Å². The summed E-state index contributed by atoms with van der Waals surface area (Å²) in [6.07, 6.45) is -0.0959. The van der Waals surface area contributed by atoms with Crippen molar-refractivity contribution in [1.29, 1.82) is 0 Å². The number of fused-ring (bicyclic) bond motifs is 3. The van der Waals surface area contributed by atoms with Crippen LogP contribution in [0.1, 0.15) is 57.8 Å². The molecule has 0 unspecified atom stereocenters. The molecule has 13 heteroatoms. The minimum absolute atomic E-state index is 0.0195. The Morgan fingerprint density at radius 3 is 2.55 bits per heavy atom. The Hall–Kier alpha value is -4.07. The molecule has 0 aliphatic carbocycles. The maximum absolute atomic E-state index is 13.7. The molecule has 2 aliphatic heterocycles. The van der Waals surface area contributed by atoms with Gasteiger partial charge in [0, 0.05) is 23.0 Å². The third-order valence-electron chi connectivity index (χ3n) is 7.83. The van der Waals surface area contributed by atoms with Gasteiger partial charge in [-0.3, -0.25) is 4.79 Å². The van der Waals surface area contributed by atoms with E-state index in [1.54, 1.807) is 18.2 Å². The highest BCUT2D eigenvalue weighted by molar-refractivity contribution is 6.14. The number of nitrogens with zero attached hydrogens (tertiary/aromatic N) is 3. The summed E-state index contributed by atoms with van der Waals surface area (Å²) < 4.78 is 45.8. The number of likely N-dealkylation sites (tertiary alicyclic amines) is 1.